The van der Waals surface area contributed by atoms with Crippen molar-refractivity contribution in [2.24, 2.45) is 0 Å². The average Bonchev–Trinajstić information content (AvgIpc) is 3.47. The van der Waals surface area contributed by atoms with Gasteiger partial charge in [-0.25, -0.2) is 19.7 Å². The lowest BCUT2D eigenvalue weighted by atomic mass is 10.0. The van der Waals surface area contributed by atoms with Crippen LogP contribution in [0.25, 0.3) is 27.7 Å². The fraction of sp³-hybridized carbons (Fsp3) is 0.0938. The number of benzene rings is 3. The minimum atomic E-state index is -0.420. The van der Waals surface area contributed by atoms with Crippen LogP contribution in [0.15, 0.2) is 97.6 Å². The number of rotatable bonds is 7. The van der Waals surface area contributed by atoms with Crippen LogP contribution in [0.1, 0.15) is 33.2 Å². The molecule has 0 bridgehead atoms. The van der Waals surface area contributed by atoms with Crippen LogP contribution >= 0.6 is 0 Å². The first-order chi connectivity index (χ1) is 20.0. The molecule has 6 rings (SSSR count). The Morgan fingerprint density at radius 3 is 2.61 bits per heavy atom. The number of nitrogens with zero attached hydrogens (tertiary/aromatic N) is 4. The number of aryl methyl sites for hydroxylation is 1. The van der Waals surface area contributed by atoms with Crippen LogP contribution in [0.4, 0.5) is 17.3 Å². The minimum absolute atomic E-state index is 0.290. The monoisotopic (exact) mass is 542 g/mol. The summed E-state index contributed by atoms with van der Waals surface area (Å²) in [5, 5.41) is 7.15. The fourth-order valence-corrected chi connectivity index (χ4v) is 4.56. The highest BCUT2D eigenvalue weighted by Crippen LogP contribution is 2.29. The quantitative estimate of drug-likeness (QED) is 0.224. The summed E-state index contributed by atoms with van der Waals surface area (Å²) in [5.74, 6) is -0.275. The molecule has 3 aromatic heterocycles. The van der Waals surface area contributed by atoms with E-state index >= 15 is 0 Å². The summed E-state index contributed by atoms with van der Waals surface area (Å²) in [5.41, 5.74) is 6.77. The Morgan fingerprint density at radius 1 is 0.951 bits per heavy atom. The number of hydrogen-bond donors (Lipinski definition) is 2. The molecule has 0 saturated carbocycles. The largest absolute Gasteiger partial charge is 0.462 e. The summed E-state index contributed by atoms with van der Waals surface area (Å²) in [6, 6.07) is 22.0. The molecule has 0 aliphatic heterocycles. The third kappa shape index (κ3) is 5.33. The van der Waals surface area contributed by atoms with Crippen LogP contribution in [0.3, 0.4) is 0 Å². The van der Waals surface area contributed by atoms with Crippen LogP contribution < -0.4 is 10.6 Å². The van der Waals surface area contributed by atoms with E-state index in [1.165, 1.54) is 0 Å². The van der Waals surface area contributed by atoms with Gasteiger partial charge in [0.2, 0.25) is 5.95 Å². The lowest BCUT2D eigenvalue weighted by Crippen LogP contribution is -2.13. The summed E-state index contributed by atoms with van der Waals surface area (Å²) in [7, 11) is 0. The minimum Gasteiger partial charge on any atom is -0.462 e. The molecule has 2 N–H and O–H groups in total. The molecule has 0 atom stereocenters. The Morgan fingerprint density at radius 2 is 1.78 bits per heavy atom. The number of aromatic nitrogens is 4. The Kier molecular flexibility index (Phi) is 6.83. The zero-order valence-corrected chi connectivity index (χ0v) is 22.5. The number of fused-ring (bicyclic) bond motifs is 2. The van der Waals surface area contributed by atoms with E-state index in [9.17, 15) is 9.59 Å². The fourth-order valence-electron chi connectivity index (χ4n) is 4.56. The highest BCUT2D eigenvalue weighted by Gasteiger charge is 2.13. The molecule has 0 aliphatic rings. The second kappa shape index (κ2) is 10.9. The van der Waals surface area contributed by atoms with E-state index in [2.05, 4.69) is 20.6 Å². The molecule has 0 fully saturated rings. The maximum atomic E-state index is 12.9. The van der Waals surface area contributed by atoms with Crippen LogP contribution in [-0.4, -0.2) is 37.8 Å². The average molecular weight is 543 g/mol. The first-order valence-corrected chi connectivity index (χ1v) is 13.1. The van der Waals surface area contributed by atoms with Gasteiger partial charge in [0.15, 0.2) is 0 Å². The van der Waals surface area contributed by atoms with Crippen molar-refractivity contribution in [2.45, 2.75) is 13.8 Å². The van der Waals surface area contributed by atoms with Crippen LogP contribution in [0.5, 0.6) is 0 Å². The first kappa shape index (κ1) is 25.7. The maximum Gasteiger partial charge on any atom is 0.338 e. The molecule has 0 saturated heterocycles. The first-order valence-electron chi connectivity index (χ1n) is 13.1. The number of nitrogens with one attached hydrogen (secondary N) is 2. The number of para-hydroxylation sites is 1. The van der Waals surface area contributed by atoms with Gasteiger partial charge in [-0.3, -0.25) is 4.79 Å². The van der Waals surface area contributed by atoms with E-state index in [1.54, 1.807) is 43.6 Å². The summed E-state index contributed by atoms with van der Waals surface area (Å²) < 4.78 is 6.98. The summed E-state index contributed by atoms with van der Waals surface area (Å²) in [6.45, 7) is 3.95. The zero-order valence-electron chi connectivity index (χ0n) is 22.5. The molecule has 41 heavy (non-hydrogen) atoms. The van der Waals surface area contributed by atoms with Gasteiger partial charge in [0.25, 0.3) is 5.91 Å². The normalized spacial score (nSPS) is 11.0. The number of anilines is 3. The predicted molar refractivity (Wildman–Crippen MR) is 159 cm³/mol. The highest BCUT2D eigenvalue weighted by molar-refractivity contribution is 6.05. The van der Waals surface area contributed by atoms with Gasteiger partial charge in [-0.2, -0.15) is 0 Å². The van der Waals surface area contributed by atoms with Crippen molar-refractivity contribution in [1.82, 2.24) is 19.4 Å². The van der Waals surface area contributed by atoms with Crippen molar-refractivity contribution in [2.75, 3.05) is 17.2 Å². The Hall–Kier alpha value is -5.57. The lowest BCUT2D eigenvalue weighted by molar-refractivity contribution is 0.0526. The van der Waals surface area contributed by atoms with E-state index in [0.717, 1.165) is 38.9 Å². The second-order valence-corrected chi connectivity index (χ2v) is 9.45. The summed E-state index contributed by atoms with van der Waals surface area (Å²) in [4.78, 5) is 38.5. The maximum absolute atomic E-state index is 12.9. The van der Waals surface area contributed by atoms with Gasteiger partial charge in [-0.1, -0.05) is 24.3 Å². The van der Waals surface area contributed by atoms with Crippen molar-refractivity contribution in [3.63, 3.8) is 0 Å². The predicted octanol–water partition coefficient (Wildman–Crippen LogP) is 6.43. The van der Waals surface area contributed by atoms with Gasteiger partial charge < -0.3 is 19.8 Å². The molecule has 0 aliphatic carbocycles. The molecule has 0 spiro atoms. The highest BCUT2D eigenvalue weighted by atomic mass is 16.5. The molecular weight excluding hydrogens is 516 g/mol. The number of ether oxygens (including phenoxy) is 1. The summed E-state index contributed by atoms with van der Waals surface area (Å²) in [6.07, 6.45) is 7.51. The molecule has 202 valence electrons. The topological polar surface area (TPSA) is 111 Å². The molecule has 3 aromatic carbocycles. The molecule has 1 amide bonds. The number of esters is 1. The van der Waals surface area contributed by atoms with E-state index < -0.39 is 5.97 Å². The van der Waals surface area contributed by atoms with Gasteiger partial charge in [0.1, 0.15) is 5.65 Å². The van der Waals surface area contributed by atoms with Crippen molar-refractivity contribution in [3.8, 4) is 11.1 Å². The molecule has 9 heteroatoms. The van der Waals surface area contributed by atoms with Gasteiger partial charge in [-0.05, 0) is 67.9 Å². The van der Waals surface area contributed by atoms with Gasteiger partial charge in [-0.15, -0.1) is 0 Å². The molecule has 0 radical (unpaired) electrons. The molecular formula is C32H26N6O3. The van der Waals surface area contributed by atoms with Gasteiger partial charge in [0.05, 0.1) is 17.7 Å². The van der Waals surface area contributed by atoms with Crippen molar-refractivity contribution in [3.05, 3.63) is 114 Å². The lowest BCUT2D eigenvalue weighted by Gasteiger charge is -2.13. The number of imidazole rings is 1. The Bertz CT molecular complexity index is 1910. The van der Waals surface area contributed by atoms with E-state index in [4.69, 9.17) is 9.72 Å². The van der Waals surface area contributed by atoms with Crippen LogP contribution in [-0.2, 0) is 4.74 Å². The summed E-state index contributed by atoms with van der Waals surface area (Å²) >= 11 is 0. The second-order valence-electron chi connectivity index (χ2n) is 9.45. The van der Waals surface area contributed by atoms with Gasteiger partial charge in [0, 0.05) is 58.2 Å². The Labute approximate surface area is 235 Å². The number of carbonyl (C=O) groups is 2. The van der Waals surface area contributed by atoms with E-state index in [0.29, 0.717) is 29.4 Å². The number of hydrogen-bond acceptors (Lipinski definition) is 7. The van der Waals surface area contributed by atoms with Crippen molar-refractivity contribution >= 4 is 45.7 Å². The number of carbonyl (C=O) groups excluding carboxylic acids is 2. The number of amides is 1. The molecule has 3 heterocycles. The van der Waals surface area contributed by atoms with Crippen LogP contribution in [0, 0.1) is 6.92 Å². The molecule has 0 unspecified atom stereocenters. The van der Waals surface area contributed by atoms with Crippen molar-refractivity contribution < 1.29 is 14.3 Å². The molecule has 9 nitrogen and oxygen atoms in total. The number of pyridine rings is 1. The SMILES string of the molecule is CCOC(=O)c1ccc(C(=O)Nc2cc(Nc3ncc4cccc(-c5ccc6nccn6c5)c4n3)ccc2C)cc1. The van der Waals surface area contributed by atoms with Gasteiger partial charge >= 0.3 is 5.97 Å². The van der Waals surface area contributed by atoms with E-state index in [-0.39, 0.29) is 5.91 Å². The molecule has 6 aromatic rings. The third-order valence-corrected chi connectivity index (χ3v) is 6.71. The van der Waals surface area contributed by atoms with Crippen molar-refractivity contribution in [1.29, 1.82) is 0 Å². The van der Waals surface area contributed by atoms with Crippen LogP contribution in [0.2, 0.25) is 0 Å². The standard InChI is InChI=1S/C32H26N6O3/c1-3-41-31(40)22-10-8-21(9-11-22)30(39)36-27-17-25(13-7-20(27)2)35-32-34-18-23-5-4-6-26(29(23)37-32)24-12-14-28-33-15-16-38(28)19-24/h4-19H,3H2,1-2H3,(H,36,39)(H,34,35,37). The third-order valence-electron chi connectivity index (χ3n) is 6.71. The zero-order chi connectivity index (χ0) is 28.3. The van der Waals surface area contributed by atoms with E-state index in [1.807, 2.05) is 72.2 Å². The Balaban J connectivity index is 1.24. The smallest absolute Gasteiger partial charge is 0.338 e.